The number of hydrogen-bond acceptors (Lipinski definition) is 6. The lowest BCUT2D eigenvalue weighted by Crippen LogP contribution is -2.40. The van der Waals surface area contributed by atoms with Gasteiger partial charge in [-0.2, -0.15) is 0 Å². The molecule has 6 nitrogen and oxygen atoms in total. The van der Waals surface area contributed by atoms with Crippen LogP contribution in [0, 0.1) is 0 Å². The molecule has 0 bridgehead atoms. The fourth-order valence-corrected chi connectivity index (χ4v) is 5.07. The van der Waals surface area contributed by atoms with E-state index in [1.807, 2.05) is 23.1 Å². The third kappa shape index (κ3) is 5.62. The fraction of sp³-hybridized carbons (Fsp3) is 0.560. The minimum atomic E-state index is 0.0829. The van der Waals surface area contributed by atoms with Gasteiger partial charge in [-0.05, 0) is 49.8 Å². The maximum Gasteiger partial charge on any atom is 0.254 e. The summed E-state index contributed by atoms with van der Waals surface area (Å²) in [5.74, 6) is 2.22. The number of anilines is 1. The van der Waals surface area contributed by atoms with Crippen LogP contribution in [0.25, 0.3) is 0 Å². The van der Waals surface area contributed by atoms with E-state index < -0.39 is 0 Å². The Balaban J connectivity index is 1.49. The average Bonchev–Trinajstić information content (AvgIpc) is 2.83. The van der Waals surface area contributed by atoms with E-state index in [9.17, 15) is 4.79 Å². The SMILES string of the molecule is CC(C)c1cc(N2CCCC[C@@H]2C)nc(SCc2cccc(C(=O)N3CCOCC3)c2)n1. The van der Waals surface area contributed by atoms with Crippen LogP contribution in [0.15, 0.2) is 35.5 Å². The van der Waals surface area contributed by atoms with E-state index in [2.05, 4.69) is 37.8 Å². The molecule has 2 aromatic rings. The molecule has 1 aromatic carbocycles. The molecule has 4 rings (SSSR count). The molecule has 3 heterocycles. The van der Waals surface area contributed by atoms with Crippen LogP contribution in [0.2, 0.25) is 0 Å². The molecule has 2 fully saturated rings. The molecule has 7 heteroatoms. The van der Waals surface area contributed by atoms with Crippen LogP contribution in [0.4, 0.5) is 5.82 Å². The maximum absolute atomic E-state index is 12.8. The molecule has 0 N–H and O–H groups in total. The lowest BCUT2D eigenvalue weighted by molar-refractivity contribution is 0.0303. The number of benzene rings is 1. The maximum atomic E-state index is 12.8. The predicted molar refractivity (Wildman–Crippen MR) is 130 cm³/mol. The molecule has 1 amide bonds. The van der Waals surface area contributed by atoms with Gasteiger partial charge >= 0.3 is 0 Å². The molecule has 0 spiro atoms. The van der Waals surface area contributed by atoms with Crippen LogP contribution < -0.4 is 4.90 Å². The van der Waals surface area contributed by atoms with Crippen LogP contribution in [-0.2, 0) is 10.5 Å². The Bertz CT molecular complexity index is 930. The second-order valence-corrected chi connectivity index (χ2v) is 9.96. The van der Waals surface area contributed by atoms with Gasteiger partial charge in [-0.3, -0.25) is 4.79 Å². The number of thioether (sulfide) groups is 1. The van der Waals surface area contributed by atoms with Gasteiger partial charge in [0.1, 0.15) is 5.82 Å². The lowest BCUT2D eigenvalue weighted by Gasteiger charge is -2.34. The number of ether oxygens (including phenoxy) is 1. The quantitative estimate of drug-likeness (QED) is 0.464. The highest BCUT2D eigenvalue weighted by Crippen LogP contribution is 2.29. The van der Waals surface area contributed by atoms with Crippen molar-refractivity contribution in [2.24, 2.45) is 0 Å². The van der Waals surface area contributed by atoms with Crippen molar-refractivity contribution in [3.8, 4) is 0 Å². The Morgan fingerprint density at radius 1 is 1.16 bits per heavy atom. The number of piperidine rings is 1. The van der Waals surface area contributed by atoms with Gasteiger partial charge in [0.2, 0.25) is 0 Å². The average molecular weight is 455 g/mol. The van der Waals surface area contributed by atoms with Crippen molar-refractivity contribution in [2.75, 3.05) is 37.7 Å². The summed E-state index contributed by atoms with van der Waals surface area (Å²) in [6.07, 6.45) is 3.73. The van der Waals surface area contributed by atoms with Gasteiger partial charge in [0, 0.05) is 48.8 Å². The second kappa shape index (κ2) is 10.7. The van der Waals surface area contributed by atoms with E-state index in [1.165, 1.54) is 19.3 Å². The first-order chi connectivity index (χ1) is 15.5. The number of rotatable bonds is 6. The second-order valence-electron chi connectivity index (χ2n) is 9.02. The van der Waals surface area contributed by atoms with E-state index in [0.717, 1.165) is 40.1 Å². The molecule has 32 heavy (non-hydrogen) atoms. The topological polar surface area (TPSA) is 58.6 Å². The zero-order chi connectivity index (χ0) is 22.5. The summed E-state index contributed by atoms with van der Waals surface area (Å²) < 4.78 is 5.37. The summed E-state index contributed by atoms with van der Waals surface area (Å²) in [4.78, 5) is 26.9. The monoisotopic (exact) mass is 454 g/mol. The highest BCUT2D eigenvalue weighted by atomic mass is 32.2. The van der Waals surface area contributed by atoms with E-state index in [-0.39, 0.29) is 5.91 Å². The number of nitrogens with zero attached hydrogens (tertiary/aromatic N) is 4. The van der Waals surface area contributed by atoms with E-state index >= 15 is 0 Å². The van der Waals surface area contributed by atoms with E-state index in [0.29, 0.717) is 38.3 Å². The third-order valence-corrected chi connectivity index (χ3v) is 7.16. The largest absolute Gasteiger partial charge is 0.378 e. The molecule has 0 unspecified atom stereocenters. The summed E-state index contributed by atoms with van der Waals surface area (Å²) in [5.41, 5.74) is 2.94. The number of carbonyl (C=O) groups excluding carboxylic acids is 1. The fourth-order valence-electron chi connectivity index (χ4n) is 4.27. The molecule has 2 aliphatic rings. The Morgan fingerprint density at radius 3 is 2.72 bits per heavy atom. The van der Waals surface area contributed by atoms with Crippen molar-refractivity contribution in [3.05, 3.63) is 47.2 Å². The van der Waals surface area contributed by atoms with Gasteiger partial charge in [0.25, 0.3) is 5.91 Å². The third-order valence-electron chi connectivity index (χ3n) is 6.24. The zero-order valence-corrected chi connectivity index (χ0v) is 20.2. The van der Waals surface area contributed by atoms with Gasteiger partial charge < -0.3 is 14.5 Å². The molecular formula is C25H34N4O2S. The molecule has 1 atom stereocenters. The normalized spacial score (nSPS) is 19.4. The van der Waals surface area contributed by atoms with Gasteiger partial charge in [0.15, 0.2) is 5.16 Å². The molecule has 0 aliphatic carbocycles. The highest BCUT2D eigenvalue weighted by molar-refractivity contribution is 7.98. The number of hydrogen-bond donors (Lipinski definition) is 0. The Labute approximate surface area is 195 Å². The van der Waals surface area contributed by atoms with Crippen molar-refractivity contribution in [2.45, 2.75) is 62.9 Å². The van der Waals surface area contributed by atoms with E-state index in [4.69, 9.17) is 14.7 Å². The summed E-state index contributed by atoms with van der Waals surface area (Å²) in [6, 6.07) is 10.6. The molecule has 0 saturated carbocycles. The summed E-state index contributed by atoms with van der Waals surface area (Å²) in [7, 11) is 0. The van der Waals surface area contributed by atoms with Crippen LogP contribution in [0.5, 0.6) is 0 Å². The minimum Gasteiger partial charge on any atom is -0.378 e. The van der Waals surface area contributed by atoms with Gasteiger partial charge in [0.05, 0.1) is 13.2 Å². The number of aromatic nitrogens is 2. The van der Waals surface area contributed by atoms with Gasteiger partial charge in [-0.25, -0.2) is 9.97 Å². The highest BCUT2D eigenvalue weighted by Gasteiger charge is 2.22. The molecule has 1 aromatic heterocycles. The van der Waals surface area contributed by atoms with Crippen molar-refractivity contribution in [1.29, 1.82) is 0 Å². The predicted octanol–water partition coefficient (Wildman–Crippen LogP) is 4.74. The Kier molecular flexibility index (Phi) is 7.68. The van der Waals surface area contributed by atoms with Crippen LogP contribution in [-0.4, -0.2) is 59.7 Å². The molecule has 0 radical (unpaired) electrons. The first-order valence-electron chi connectivity index (χ1n) is 11.8. The first kappa shape index (κ1) is 23.1. The minimum absolute atomic E-state index is 0.0829. The first-order valence-corrected chi connectivity index (χ1v) is 12.7. The summed E-state index contributed by atoms with van der Waals surface area (Å²) >= 11 is 1.65. The molecule has 172 valence electrons. The zero-order valence-electron chi connectivity index (χ0n) is 19.4. The van der Waals surface area contributed by atoms with Crippen molar-refractivity contribution in [1.82, 2.24) is 14.9 Å². The number of morpholine rings is 1. The van der Waals surface area contributed by atoms with Crippen molar-refractivity contribution >= 4 is 23.5 Å². The summed E-state index contributed by atoms with van der Waals surface area (Å²) in [6.45, 7) is 10.3. The Hall–Kier alpha value is -2.12. The lowest BCUT2D eigenvalue weighted by atomic mass is 10.0. The number of carbonyl (C=O) groups is 1. The Morgan fingerprint density at radius 2 is 1.97 bits per heavy atom. The van der Waals surface area contributed by atoms with Gasteiger partial charge in [-0.15, -0.1) is 0 Å². The molecule has 2 aliphatic heterocycles. The summed E-state index contributed by atoms with van der Waals surface area (Å²) in [5, 5.41) is 0.814. The smallest absolute Gasteiger partial charge is 0.254 e. The van der Waals surface area contributed by atoms with Crippen LogP contribution in [0.1, 0.15) is 67.6 Å². The van der Waals surface area contributed by atoms with Crippen molar-refractivity contribution < 1.29 is 9.53 Å². The molecule has 2 saturated heterocycles. The standard InChI is InChI=1S/C25H34N4O2S/c1-18(2)22-16-23(29-10-5-4-7-19(29)3)27-25(26-22)32-17-20-8-6-9-21(15-20)24(30)28-11-13-31-14-12-28/h6,8-9,15-16,18-19H,4-5,7,10-14,17H2,1-3H3/t19-/m0/s1. The van der Waals surface area contributed by atoms with Crippen molar-refractivity contribution in [3.63, 3.8) is 0 Å². The van der Waals surface area contributed by atoms with Crippen LogP contribution in [0.3, 0.4) is 0 Å². The van der Waals surface area contributed by atoms with Gasteiger partial charge in [-0.1, -0.05) is 37.7 Å². The number of amides is 1. The molecular weight excluding hydrogens is 420 g/mol. The van der Waals surface area contributed by atoms with E-state index in [1.54, 1.807) is 11.8 Å². The van der Waals surface area contributed by atoms with Crippen LogP contribution >= 0.6 is 11.8 Å².